The maximum Gasteiger partial charge on any atom is 0.162 e. The fourth-order valence-corrected chi connectivity index (χ4v) is 3.35. The molecule has 0 atom stereocenters. The van der Waals surface area contributed by atoms with E-state index in [1.807, 2.05) is 60.7 Å². The Morgan fingerprint density at radius 2 is 0.741 bits per heavy atom. The van der Waals surface area contributed by atoms with Gasteiger partial charge < -0.3 is 0 Å². The largest absolute Gasteiger partial charge is 0.294 e. The molecular weight excluding hydrogens is 332 g/mol. The highest BCUT2D eigenvalue weighted by molar-refractivity contribution is 5.96. The molecule has 0 aliphatic rings. The van der Waals surface area contributed by atoms with Crippen LogP contribution in [0.1, 0.15) is 91.3 Å². The fraction of sp³-hybridized carbons (Fsp3) is 0.440. The van der Waals surface area contributed by atoms with Crippen molar-refractivity contribution in [1.29, 1.82) is 0 Å². The molecule has 144 valence electrons. The molecule has 0 aromatic heterocycles. The zero-order valence-corrected chi connectivity index (χ0v) is 16.4. The third-order valence-corrected chi connectivity index (χ3v) is 5.00. The van der Waals surface area contributed by atoms with Gasteiger partial charge in [-0.2, -0.15) is 0 Å². The lowest BCUT2D eigenvalue weighted by atomic mass is 10.0. The highest BCUT2D eigenvalue weighted by atomic mass is 16.1. The van der Waals surface area contributed by atoms with E-state index < -0.39 is 0 Å². The molecule has 2 heteroatoms. The third-order valence-electron chi connectivity index (χ3n) is 5.00. The van der Waals surface area contributed by atoms with E-state index in [4.69, 9.17) is 0 Å². The van der Waals surface area contributed by atoms with Crippen molar-refractivity contribution in [2.75, 3.05) is 0 Å². The molecule has 0 heterocycles. The van der Waals surface area contributed by atoms with Crippen LogP contribution in [0.5, 0.6) is 0 Å². The van der Waals surface area contributed by atoms with Crippen molar-refractivity contribution in [1.82, 2.24) is 0 Å². The molecule has 27 heavy (non-hydrogen) atoms. The molecule has 0 fully saturated rings. The van der Waals surface area contributed by atoms with E-state index in [0.717, 1.165) is 36.8 Å². The van der Waals surface area contributed by atoms with Gasteiger partial charge >= 0.3 is 0 Å². The first-order valence-corrected chi connectivity index (χ1v) is 10.4. The summed E-state index contributed by atoms with van der Waals surface area (Å²) in [5.74, 6) is 0.529. The predicted molar refractivity (Wildman–Crippen MR) is 112 cm³/mol. The van der Waals surface area contributed by atoms with E-state index in [-0.39, 0.29) is 11.6 Å². The molecular formula is C25H32O2. The zero-order chi connectivity index (χ0) is 19.2. The Morgan fingerprint density at radius 1 is 0.444 bits per heavy atom. The van der Waals surface area contributed by atoms with Crippen LogP contribution in [0.4, 0.5) is 0 Å². The van der Waals surface area contributed by atoms with E-state index in [9.17, 15) is 9.59 Å². The van der Waals surface area contributed by atoms with Crippen LogP contribution in [0.15, 0.2) is 60.7 Å². The van der Waals surface area contributed by atoms with Crippen LogP contribution in [0.3, 0.4) is 0 Å². The topological polar surface area (TPSA) is 34.1 Å². The molecule has 2 aromatic rings. The lowest BCUT2D eigenvalue weighted by Gasteiger charge is -2.03. The van der Waals surface area contributed by atoms with Crippen molar-refractivity contribution >= 4 is 11.6 Å². The SMILES string of the molecule is O=C(CCCCCCCCCCCC(=O)c1ccccc1)c1ccccc1. The van der Waals surface area contributed by atoms with Crippen molar-refractivity contribution in [2.24, 2.45) is 0 Å². The van der Waals surface area contributed by atoms with Crippen molar-refractivity contribution in [3.05, 3.63) is 71.8 Å². The van der Waals surface area contributed by atoms with E-state index in [1.54, 1.807) is 0 Å². The van der Waals surface area contributed by atoms with Gasteiger partial charge in [0.2, 0.25) is 0 Å². The molecule has 2 aromatic carbocycles. The summed E-state index contributed by atoms with van der Waals surface area (Å²) in [7, 11) is 0. The Kier molecular flexibility index (Phi) is 10.2. The van der Waals surface area contributed by atoms with E-state index in [2.05, 4.69) is 0 Å². The molecule has 0 saturated heterocycles. The van der Waals surface area contributed by atoms with Gasteiger partial charge in [0.15, 0.2) is 11.6 Å². The highest BCUT2D eigenvalue weighted by Crippen LogP contribution is 2.14. The Balaban J connectivity index is 1.39. The van der Waals surface area contributed by atoms with Gasteiger partial charge in [0, 0.05) is 24.0 Å². The van der Waals surface area contributed by atoms with Crippen LogP contribution in [0, 0.1) is 0 Å². The van der Waals surface area contributed by atoms with Crippen molar-refractivity contribution in [3.8, 4) is 0 Å². The van der Waals surface area contributed by atoms with E-state index in [1.165, 1.54) is 32.1 Å². The number of Topliss-reactive ketones (excluding diaryl/α,β-unsaturated/α-hetero) is 2. The number of ketones is 2. The first kappa shape index (κ1) is 21.1. The van der Waals surface area contributed by atoms with Crippen molar-refractivity contribution in [2.45, 2.75) is 70.6 Å². The minimum absolute atomic E-state index is 0.264. The van der Waals surface area contributed by atoms with Crippen molar-refractivity contribution < 1.29 is 9.59 Å². The smallest absolute Gasteiger partial charge is 0.162 e. The van der Waals surface area contributed by atoms with Gasteiger partial charge in [0.25, 0.3) is 0 Å². The highest BCUT2D eigenvalue weighted by Gasteiger charge is 2.05. The standard InChI is InChI=1S/C25H32O2/c26-24(22-16-10-8-11-17-22)20-14-6-4-2-1-3-5-7-15-21-25(27)23-18-12-9-13-19-23/h8-13,16-19H,1-7,14-15,20-21H2. The Hall–Kier alpha value is -2.22. The van der Waals surface area contributed by atoms with E-state index in [0.29, 0.717) is 12.8 Å². The summed E-state index contributed by atoms with van der Waals surface area (Å²) in [6.45, 7) is 0. The Bertz CT molecular complexity index is 602. The maximum atomic E-state index is 12.0. The third kappa shape index (κ3) is 8.81. The van der Waals surface area contributed by atoms with Crippen LogP contribution in [-0.4, -0.2) is 11.6 Å². The molecule has 0 aliphatic carbocycles. The van der Waals surface area contributed by atoms with Gasteiger partial charge in [-0.05, 0) is 12.8 Å². The van der Waals surface area contributed by atoms with Gasteiger partial charge in [0.1, 0.15) is 0 Å². The van der Waals surface area contributed by atoms with Crippen LogP contribution in [-0.2, 0) is 0 Å². The van der Waals surface area contributed by atoms with Crippen molar-refractivity contribution in [3.63, 3.8) is 0 Å². The van der Waals surface area contributed by atoms with E-state index >= 15 is 0 Å². The summed E-state index contributed by atoms with van der Waals surface area (Å²) in [5, 5.41) is 0. The predicted octanol–water partition coefficient (Wildman–Crippen LogP) is 7.04. The first-order valence-electron chi connectivity index (χ1n) is 10.4. The summed E-state index contributed by atoms with van der Waals surface area (Å²) in [6, 6.07) is 19.2. The molecule has 0 amide bonds. The summed E-state index contributed by atoms with van der Waals surface area (Å²) in [4.78, 5) is 24.0. The number of hydrogen-bond acceptors (Lipinski definition) is 2. The van der Waals surface area contributed by atoms with Gasteiger partial charge in [0.05, 0.1) is 0 Å². The van der Waals surface area contributed by atoms with Gasteiger partial charge in [-0.15, -0.1) is 0 Å². The minimum atomic E-state index is 0.264. The van der Waals surface area contributed by atoms with Crippen LogP contribution in [0.25, 0.3) is 0 Å². The molecule has 0 aliphatic heterocycles. The molecule has 2 rings (SSSR count). The lowest BCUT2D eigenvalue weighted by molar-refractivity contribution is 0.0971. The number of benzene rings is 2. The van der Waals surface area contributed by atoms with Gasteiger partial charge in [-0.3, -0.25) is 9.59 Å². The number of unbranched alkanes of at least 4 members (excludes halogenated alkanes) is 8. The summed E-state index contributed by atoms with van der Waals surface area (Å²) in [6.07, 6.45) is 11.8. The van der Waals surface area contributed by atoms with Crippen LogP contribution >= 0.6 is 0 Å². The zero-order valence-electron chi connectivity index (χ0n) is 16.4. The molecule has 0 spiro atoms. The van der Waals surface area contributed by atoms with Gasteiger partial charge in [-0.25, -0.2) is 0 Å². The number of carbonyl (C=O) groups excluding carboxylic acids is 2. The average Bonchev–Trinajstić information content (AvgIpc) is 2.73. The quantitative estimate of drug-likeness (QED) is 0.266. The number of carbonyl (C=O) groups is 2. The van der Waals surface area contributed by atoms with Crippen LogP contribution in [0.2, 0.25) is 0 Å². The Morgan fingerprint density at radius 3 is 1.07 bits per heavy atom. The molecule has 0 bridgehead atoms. The fourth-order valence-electron chi connectivity index (χ4n) is 3.35. The summed E-state index contributed by atoms with van der Waals surface area (Å²) >= 11 is 0. The average molecular weight is 365 g/mol. The second-order valence-electron chi connectivity index (χ2n) is 7.26. The molecule has 2 nitrogen and oxygen atoms in total. The monoisotopic (exact) mass is 364 g/mol. The number of hydrogen-bond donors (Lipinski definition) is 0. The normalized spacial score (nSPS) is 10.7. The molecule has 0 saturated carbocycles. The second kappa shape index (κ2) is 13.0. The number of rotatable bonds is 14. The molecule has 0 radical (unpaired) electrons. The minimum Gasteiger partial charge on any atom is -0.294 e. The molecule has 0 N–H and O–H groups in total. The van der Waals surface area contributed by atoms with Gasteiger partial charge in [-0.1, -0.05) is 106 Å². The second-order valence-corrected chi connectivity index (χ2v) is 7.26. The lowest BCUT2D eigenvalue weighted by Crippen LogP contribution is -1.98. The first-order chi connectivity index (χ1) is 13.3. The summed E-state index contributed by atoms with van der Waals surface area (Å²) in [5.41, 5.74) is 1.67. The summed E-state index contributed by atoms with van der Waals surface area (Å²) < 4.78 is 0. The van der Waals surface area contributed by atoms with Crippen LogP contribution < -0.4 is 0 Å². The maximum absolute atomic E-state index is 12.0. The molecule has 0 unspecified atom stereocenters. The Labute approximate surface area is 164 Å².